The summed E-state index contributed by atoms with van der Waals surface area (Å²) in [5.74, 6) is 0. The molecule has 2 N–H and O–H groups in total. The lowest BCUT2D eigenvalue weighted by atomic mass is 10.1. The molecule has 0 aromatic heterocycles. The molecule has 1 atom stereocenters. The van der Waals surface area contributed by atoms with Crippen LogP contribution in [0.4, 0.5) is 5.69 Å². The second kappa shape index (κ2) is 6.23. The second-order valence-electron chi connectivity index (χ2n) is 3.94. The third kappa shape index (κ3) is 3.48. The molecule has 0 radical (unpaired) electrons. The minimum atomic E-state index is -0.142. The summed E-state index contributed by atoms with van der Waals surface area (Å²) in [4.78, 5) is 0. The molecule has 2 nitrogen and oxygen atoms in total. The first kappa shape index (κ1) is 13.4. The molecule has 0 heterocycles. The van der Waals surface area contributed by atoms with Gasteiger partial charge >= 0.3 is 0 Å². The van der Waals surface area contributed by atoms with Gasteiger partial charge in [-0.25, -0.2) is 0 Å². The highest BCUT2D eigenvalue weighted by Crippen LogP contribution is 2.23. The zero-order valence-electron chi connectivity index (χ0n) is 9.61. The molecule has 2 rings (SSSR count). The lowest BCUT2D eigenvalue weighted by Gasteiger charge is -2.18. The maximum absolute atomic E-state index is 9.47. The van der Waals surface area contributed by atoms with Crippen LogP contribution in [-0.2, 0) is 0 Å². The van der Waals surface area contributed by atoms with Crippen molar-refractivity contribution in [2.45, 2.75) is 6.04 Å². The molecular weight excluding hydrogens is 314 g/mol. The van der Waals surface area contributed by atoms with E-state index in [1.807, 2.05) is 48.5 Å². The van der Waals surface area contributed by atoms with Crippen LogP contribution in [0.1, 0.15) is 11.6 Å². The van der Waals surface area contributed by atoms with E-state index in [2.05, 4.69) is 21.2 Å². The highest BCUT2D eigenvalue weighted by molar-refractivity contribution is 9.10. The maximum atomic E-state index is 9.47. The molecule has 0 saturated carbocycles. The molecule has 4 heteroatoms. The van der Waals surface area contributed by atoms with E-state index >= 15 is 0 Å². The summed E-state index contributed by atoms with van der Waals surface area (Å²) < 4.78 is 1.02. The van der Waals surface area contributed by atoms with Crippen LogP contribution in [0.15, 0.2) is 53.0 Å². The lowest BCUT2D eigenvalue weighted by molar-refractivity contribution is 0.276. The Bertz CT molecular complexity index is 515. The van der Waals surface area contributed by atoms with Gasteiger partial charge in [-0.15, -0.1) is 0 Å². The molecule has 18 heavy (non-hydrogen) atoms. The summed E-state index contributed by atoms with van der Waals surface area (Å²) in [5.41, 5.74) is 1.92. The number of hydrogen-bond donors (Lipinski definition) is 2. The Balaban J connectivity index is 2.17. The lowest BCUT2D eigenvalue weighted by Crippen LogP contribution is -2.14. The zero-order chi connectivity index (χ0) is 13.0. The first-order chi connectivity index (χ1) is 8.69. The highest BCUT2D eigenvalue weighted by Gasteiger charge is 2.09. The fraction of sp³-hybridized carbons (Fsp3) is 0.143. The molecule has 1 unspecified atom stereocenters. The summed E-state index contributed by atoms with van der Waals surface area (Å²) in [6.45, 7) is 0.0220. The Hall–Kier alpha value is -1.03. The minimum Gasteiger partial charge on any atom is -0.394 e. The van der Waals surface area contributed by atoms with E-state index in [9.17, 15) is 5.11 Å². The molecule has 0 aliphatic rings. The third-order valence-corrected chi connectivity index (χ3v) is 3.38. The minimum absolute atomic E-state index is 0.0220. The standard InChI is InChI=1S/C14H13BrClNO/c15-11-6-4-10(5-7-11)14(9-18)17-13-3-1-2-12(16)8-13/h1-8,14,17-18H,9H2. The highest BCUT2D eigenvalue weighted by atomic mass is 79.9. The summed E-state index contributed by atoms with van der Waals surface area (Å²) in [6, 6.07) is 15.2. The third-order valence-electron chi connectivity index (χ3n) is 2.62. The molecule has 0 saturated heterocycles. The Morgan fingerprint density at radius 2 is 1.89 bits per heavy atom. The van der Waals surface area contributed by atoms with Gasteiger partial charge < -0.3 is 10.4 Å². The monoisotopic (exact) mass is 325 g/mol. The van der Waals surface area contributed by atoms with Gasteiger partial charge in [-0.1, -0.05) is 45.7 Å². The Morgan fingerprint density at radius 3 is 2.50 bits per heavy atom. The molecule has 0 aliphatic heterocycles. The van der Waals surface area contributed by atoms with Gasteiger partial charge in [0.1, 0.15) is 0 Å². The van der Waals surface area contributed by atoms with Crippen molar-refractivity contribution in [3.05, 3.63) is 63.6 Å². The summed E-state index contributed by atoms with van der Waals surface area (Å²) in [6.07, 6.45) is 0. The topological polar surface area (TPSA) is 32.3 Å². The van der Waals surface area contributed by atoms with E-state index in [1.54, 1.807) is 0 Å². The molecule has 2 aromatic carbocycles. The van der Waals surface area contributed by atoms with Crippen LogP contribution in [0.3, 0.4) is 0 Å². The fourth-order valence-electron chi connectivity index (χ4n) is 1.71. The van der Waals surface area contributed by atoms with E-state index < -0.39 is 0 Å². The molecule has 0 aliphatic carbocycles. The number of rotatable bonds is 4. The quantitative estimate of drug-likeness (QED) is 0.880. The van der Waals surface area contributed by atoms with Gasteiger partial charge in [0.15, 0.2) is 0 Å². The van der Waals surface area contributed by atoms with Crippen LogP contribution in [0.5, 0.6) is 0 Å². The molecule has 0 spiro atoms. The van der Waals surface area contributed by atoms with E-state index in [4.69, 9.17) is 11.6 Å². The predicted octanol–water partition coefficient (Wildman–Crippen LogP) is 4.25. The van der Waals surface area contributed by atoms with Crippen molar-refractivity contribution >= 4 is 33.2 Å². The van der Waals surface area contributed by atoms with Crippen molar-refractivity contribution in [3.8, 4) is 0 Å². The number of hydrogen-bond acceptors (Lipinski definition) is 2. The van der Waals surface area contributed by atoms with Gasteiger partial charge in [0.2, 0.25) is 0 Å². The summed E-state index contributed by atoms with van der Waals surface area (Å²) in [7, 11) is 0. The van der Waals surface area contributed by atoms with Crippen molar-refractivity contribution in [3.63, 3.8) is 0 Å². The second-order valence-corrected chi connectivity index (χ2v) is 5.29. The van der Waals surface area contributed by atoms with Crippen molar-refractivity contribution < 1.29 is 5.11 Å². The van der Waals surface area contributed by atoms with Crippen molar-refractivity contribution in [2.24, 2.45) is 0 Å². The van der Waals surface area contributed by atoms with Crippen LogP contribution >= 0.6 is 27.5 Å². The summed E-state index contributed by atoms with van der Waals surface area (Å²) in [5, 5.41) is 13.4. The van der Waals surface area contributed by atoms with Crippen LogP contribution in [0.2, 0.25) is 5.02 Å². The van der Waals surface area contributed by atoms with Gasteiger partial charge in [-0.3, -0.25) is 0 Å². The average Bonchev–Trinajstić information content (AvgIpc) is 2.37. The predicted molar refractivity (Wildman–Crippen MR) is 79.0 cm³/mol. The van der Waals surface area contributed by atoms with E-state index in [-0.39, 0.29) is 12.6 Å². The van der Waals surface area contributed by atoms with Gasteiger partial charge in [0.05, 0.1) is 12.6 Å². The van der Waals surface area contributed by atoms with E-state index in [1.165, 1.54) is 0 Å². The molecule has 0 amide bonds. The maximum Gasteiger partial charge on any atom is 0.0745 e. The van der Waals surface area contributed by atoms with Crippen molar-refractivity contribution in [2.75, 3.05) is 11.9 Å². The number of nitrogens with one attached hydrogen (secondary N) is 1. The molecule has 0 bridgehead atoms. The van der Waals surface area contributed by atoms with E-state index in [0.717, 1.165) is 15.7 Å². The first-order valence-corrected chi connectivity index (χ1v) is 6.74. The summed E-state index contributed by atoms with van der Waals surface area (Å²) >= 11 is 9.32. The number of aliphatic hydroxyl groups excluding tert-OH is 1. The Kier molecular flexibility index (Phi) is 4.64. The Morgan fingerprint density at radius 1 is 1.17 bits per heavy atom. The van der Waals surface area contributed by atoms with Gasteiger partial charge in [0, 0.05) is 15.2 Å². The smallest absolute Gasteiger partial charge is 0.0745 e. The van der Waals surface area contributed by atoms with Crippen molar-refractivity contribution in [1.29, 1.82) is 0 Å². The number of benzene rings is 2. The fourth-order valence-corrected chi connectivity index (χ4v) is 2.16. The number of anilines is 1. The molecule has 0 fully saturated rings. The normalized spacial score (nSPS) is 12.2. The number of aliphatic hydroxyl groups is 1. The number of halogens is 2. The van der Waals surface area contributed by atoms with Crippen LogP contribution < -0.4 is 5.32 Å². The van der Waals surface area contributed by atoms with Gasteiger partial charge in [-0.05, 0) is 35.9 Å². The van der Waals surface area contributed by atoms with E-state index in [0.29, 0.717) is 5.02 Å². The zero-order valence-corrected chi connectivity index (χ0v) is 11.9. The van der Waals surface area contributed by atoms with Gasteiger partial charge in [-0.2, -0.15) is 0 Å². The van der Waals surface area contributed by atoms with Crippen LogP contribution in [-0.4, -0.2) is 11.7 Å². The molecular formula is C14H13BrClNO. The first-order valence-electron chi connectivity index (χ1n) is 5.57. The molecule has 2 aromatic rings. The SMILES string of the molecule is OCC(Nc1cccc(Cl)c1)c1ccc(Br)cc1. The Labute approximate surface area is 120 Å². The van der Waals surface area contributed by atoms with Crippen LogP contribution in [0.25, 0.3) is 0 Å². The molecule has 94 valence electrons. The largest absolute Gasteiger partial charge is 0.394 e. The van der Waals surface area contributed by atoms with Gasteiger partial charge in [0.25, 0.3) is 0 Å². The average molecular weight is 327 g/mol. The van der Waals surface area contributed by atoms with Crippen LogP contribution in [0, 0.1) is 0 Å². The van der Waals surface area contributed by atoms with Crippen molar-refractivity contribution in [1.82, 2.24) is 0 Å².